The maximum absolute atomic E-state index is 4.60. The van der Waals surface area contributed by atoms with Gasteiger partial charge in [-0.3, -0.25) is 0 Å². The summed E-state index contributed by atoms with van der Waals surface area (Å²) in [6, 6.07) is 0. The van der Waals surface area contributed by atoms with Crippen molar-refractivity contribution in [3.8, 4) is 0 Å². The smallest absolute Gasteiger partial charge is 0.269 e. The third-order valence-corrected chi connectivity index (χ3v) is 5.06. The molecule has 3 heterocycles. The lowest BCUT2D eigenvalue weighted by molar-refractivity contribution is 0.425. The average Bonchev–Trinajstić information content (AvgIpc) is 2.37. The minimum Gasteiger partial charge on any atom is -0.363 e. The number of fused-ring (bicyclic) bond motifs is 2. The second-order valence-electron chi connectivity index (χ2n) is 6.20. The summed E-state index contributed by atoms with van der Waals surface area (Å²) in [5, 5.41) is 0. The van der Waals surface area contributed by atoms with Crippen LogP contribution in [0.15, 0.2) is 22.4 Å². The van der Waals surface area contributed by atoms with Crippen LogP contribution in [0.3, 0.4) is 0 Å². The van der Waals surface area contributed by atoms with Crippen molar-refractivity contribution in [2.24, 2.45) is 9.98 Å². The summed E-state index contributed by atoms with van der Waals surface area (Å²) < 4.78 is 0. The number of rotatable bonds is 2. The van der Waals surface area contributed by atoms with Gasteiger partial charge in [0, 0.05) is 6.42 Å². The minimum atomic E-state index is 0.651. The van der Waals surface area contributed by atoms with Crippen molar-refractivity contribution in [3.63, 3.8) is 0 Å². The zero-order chi connectivity index (χ0) is 13.4. The fourth-order valence-electron chi connectivity index (χ4n) is 4.36. The van der Waals surface area contributed by atoms with E-state index in [1.165, 1.54) is 44.4 Å². The van der Waals surface area contributed by atoms with Gasteiger partial charge in [0.2, 0.25) is 0 Å². The quantitative estimate of drug-likeness (QED) is 0.684. The molecule has 0 saturated carbocycles. The van der Waals surface area contributed by atoms with Gasteiger partial charge in [-0.25, -0.2) is 9.98 Å². The van der Waals surface area contributed by atoms with Crippen LogP contribution < -0.4 is 0 Å². The van der Waals surface area contributed by atoms with E-state index < -0.39 is 0 Å². The Balaban J connectivity index is 1.93. The Morgan fingerprint density at radius 3 is 2.26 bits per heavy atom. The van der Waals surface area contributed by atoms with E-state index >= 15 is 0 Å². The largest absolute Gasteiger partial charge is 0.363 e. The van der Waals surface area contributed by atoms with Gasteiger partial charge in [0.25, 0.3) is 6.85 Å². The predicted octanol–water partition coefficient (Wildman–Crippen LogP) is 4.10. The number of amidine groups is 2. The fourth-order valence-corrected chi connectivity index (χ4v) is 4.36. The van der Waals surface area contributed by atoms with Gasteiger partial charge >= 0.3 is 0 Å². The molecule has 0 aliphatic carbocycles. The molecule has 3 aliphatic rings. The SMILES string of the molecule is C=C1N=C(C)N(B2C3CCCC2CCC3)C(CC)=N1. The average molecular weight is 257 g/mol. The van der Waals surface area contributed by atoms with Crippen LogP contribution in [0.1, 0.15) is 58.8 Å². The van der Waals surface area contributed by atoms with Crippen LogP contribution in [0, 0.1) is 0 Å². The van der Waals surface area contributed by atoms with Gasteiger partial charge < -0.3 is 4.81 Å². The molecule has 19 heavy (non-hydrogen) atoms. The molecule has 102 valence electrons. The Kier molecular flexibility index (Phi) is 3.51. The van der Waals surface area contributed by atoms with Gasteiger partial charge in [-0.15, -0.1) is 0 Å². The highest BCUT2D eigenvalue weighted by Crippen LogP contribution is 2.48. The monoisotopic (exact) mass is 257 g/mol. The van der Waals surface area contributed by atoms with E-state index in [2.05, 4.69) is 35.2 Å². The molecule has 0 amide bonds. The molecule has 2 saturated heterocycles. The van der Waals surface area contributed by atoms with Crippen molar-refractivity contribution >= 4 is 18.5 Å². The number of hydrogen-bond acceptors (Lipinski definition) is 3. The van der Waals surface area contributed by atoms with Crippen LogP contribution in [0.4, 0.5) is 0 Å². The first-order valence-corrected chi connectivity index (χ1v) is 7.81. The summed E-state index contributed by atoms with van der Waals surface area (Å²) in [6.07, 6.45) is 9.38. The highest BCUT2D eigenvalue weighted by atomic mass is 15.3. The molecule has 0 N–H and O–H groups in total. The maximum Gasteiger partial charge on any atom is 0.269 e. The van der Waals surface area contributed by atoms with Crippen LogP contribution in [0.2, 0.25) is 11.6 Å². The van der Waals surface area contributed by atoms with Crippen LogP contribution in [0.5, 0.6) is 0 Å². The molecule has 0 unspecified atom stereocenters. The zero-order valence-electron chi connectivity index (χ0n) is 12.2. The van der Waals surface area contributed by atoms with Crippen LogP contribution in [-0.4, -0.2) is 23.3 Å². The van der Waals surface area contributed by atoms with E-state index in [1.54, 1.807) is 0 Å². The summed E-state index contributed by atoms with van der Waals surface area (Å²) in [5.41, 5.74) is 0. The summed E-state index contributed by atoms with van der Waals surface area (Å²) in [6.45, 7) is 8.88. The molecule has 2 bridgehead atoms. The van der Waals surface area contributed by atoms with E-state index in [0.717, 1.165) is 23.9 Å². The van der Waals surface area contributed by atoms with Gasteiger partial charge in [-0.2, -0.15) is 0 Å². The van der Waals surface area contributed by atoms with Crippen molar-refractivity contribution in [3.05, 3.63) is 12.4 Å². The van der Waals surface area contributed by atoms with Gasteiger partial charge in [0.1, 0.15) is 5.82 Å². The number of aliphatic imine (C=N–C) groups is 2. The Hall–Kier alpha value is -1.06. The maximum atomic E-state index is 4.60. The second-order valence-corrected chi connectivity index (χ2v) is 6.20. The third-order valence-electron chi connectivity index (χ3n) is 5.06. The van der Waals surface area contributed by atoms with Gasteiger partial charge in [-0.1, -0.05) is 52.0 Å². The van der Waals surface area contributed by atoms with Crippen LogP contribution in [0.25, 0.3) is 0 Å². The van der Waals surface area contributed by atoms with E-state index in [4.69, 9.17) is 0 Å². The fraction of sp³-hybridized carbons (Fsp3) is 0.733. The Morgan fingerprint density at radius 2 is 1.74 bits per heavy atom. The normalized spacial score (nSPS) is 31.2. The second kappa shape index (κ2) is 5.14. The van der Waals surface area contributed by atoms with E-state index in [1.807, 2.05) is 0 Å². The first-order chi connectivity index (χ1) is 9.20. The highest BCUT2D eigenvalue weighted by Gasteiger charge is 2.45. The lowest BCUT2D eigenvalue weighted by Gasteiger charge is -2.47. The Bertz CT molecular complexity index is 419. The van der Waals surface area contributed by atoms with E-state index in [0.29, 0.717) is 12.7 Å². The molecule has 3 aliphatic heterocycles. The number of nitrogens with zero attached hydrogens (tertiary/aromatic N) is 3. The molecule has 3 rings (SSSR count). The first-order valence-electron chi connectivity index (χ1n) is 7.81. The summed E-state index contributed by atoms with van der Waals surface area (Å²) in [4.78, 5) is 11.6. The first kappa shape index (κ1) is 13.0. The Labute approximate surface area is 117 Å². The van der Waals surface area contributed by atoms with Crippen molar-refractivity contribution in [1.29, 1.82) is 0 Å². The third kappa shape index (κ3) is 2.26. The van der Waals surface area contributed by atoms with Crippen LogP contribution in [-0.2, 0) is 0 Å². The predicted molar refractivity (Wildman–Crippen MR) is 82.8 cm³/mol. The van der Waals surface area contributed by atoms with Gasteiger partial charge in [-0.05, 0) is 18.6 Å². The lowest BCUT2D eigenvalue weighted by atomic mass is 9.33. The summed E-state index contributed by atoms with van der Waals surface area (Å²) in [7, 11) is 0. The topological polar surface area (TPSA) is 28.0 Å². The van der Waals surface area contributed by atoms with Crippen molar-refractivity contribution in [2.45, 2.75) is 70.4 Å². The molecule has 0 radical (unpaired) electrons. The molecule has 0 aromatic heterocycles. The highest BCUT2D eigenvalue weighted by molar-refractivity contribution is 6.65. The molecule has 4 heteroatoms. The van der Waals surface area contributed by atoms with Crippen molar-refractivity contribution < 1.29 is 0 Å². The lowest BCUT2D eigenvalue weighted by Crippen LogP contribution is -2.55. The molecule has 0 aromatic rings. The molecule has 0 atom stereocenters. The van der Waals surface area contributed by atoms with E-state index in [9.17, 15) is 0 Å². The minimum absolute atomic E-state index is 0.651. The number of hydrogen-bond donors (Lipinski definition) is 0. The molecule has 0 aromatic carbocycles. The Morgan fingerprint density at radius 1 is 1.16 bits per heavy atom. The molecule has 2 fully saturated rings. The molecular weight excluding hydrogens is 233 g/mol. The molecular formula is C15H24BN3. The van der Waals surface area contributed by atoms with Crippen molar-refractivity contribution in [1.82, 2.24) is 4.81 Å². The zero-order valence-corrected chi connectivity index (χ0v) is 12.2. The van der Waals surface area contributed by atoms with Gasteiger partial charge in [0.05, 0.1) is 11.7 Å². The van der Waals surface area contributed by atoms with E-state index in [-0.39, 0.29) is 0 Å². The van der Waals surface area contributed by atoms with Crippen LogP contribution >= 0.6 is 0 Å². The molecule has 3 nitrogen and oxygen atoms in total. The standard InChI is InChI=1S/C15H24BN3/c1-4-15-18-11(2)17-12(3)19(15)16-13-7-5-8-14(16)10-6-9-13/h13-14H,2,4-10H2,1,3H3. The van der Waals surface area contributed by atoms with Gasteiger partial charge in [0.15, 0.2) is 0 Å². The van der Waals surface area contributed by atoms with Crippen molar-refractivity contribution in [2.75, 3.05) is 0 Å². The molecule has 0 spiro atoms. The summed E-state index contributed by atoms with van der Waals surface area (Å²) >= 11 is 0. The summed E-state index contributed by atoms with van der Waals surface area (Å²) in [5.74, 6) is 4.66.